The van der Waals surface area contributed by atoms with E-state index in [0.717, 1.165) is 35.8 Å². The van der Waals surface area contributed by atoms with Crippen LogP contribution in [0.3, 0.4) is 0 Å². The van der Waals surface area contributed by atoms with Crippen LogP contribution in [0, 0.1) is 17.2 Å². The van der Waals surface area contributed by atoms with Gasteiger partial charge in [0.1, 0.15) is 6.07 Å². The number of nitrogens with zero attached hydrogens (tertiary/aromatic N) is 2. The van der Waals surface area contributed by atoms with E-state index in [2.05, 4.69) is 17.9 Å². The van der Waals surface area contributed by atoms with Gasteiger partial charge in [-0.05, 0) is 43.4 Å². The fourth-order valence-electron chi connectivity index (χ4n) is 2.46. The third-order valence-electron chi connectivity index (χ3n) is 3.84. The molecule has 0 aliphatic heterocycles. The lowest BCUT2D eigenvalue weighted by atomic mass is 9.85. The largest absolute Gasteiger partial charge is 0.370 e. The first-order valence-corrected chi connectivity index (χ1v) is 6.76. The molecule has 1 aromatic carbocycles. The fourth-order valence-corrected chi connectivity index (χ4v) is 2.46. The molecule has 18 heavy (non-hydrogen) atoms. The van der Waals surface area contributed by atoms with Crippen LogP contribution in [0.15, 0.2) is 18.2 Å². The van der Waals surface area contributed by atoms with Gasteiger partial charge in [-0.25, -0.2) is 0 Å². The number of hydrogen-bond acceptors (Lipinski definition) is 3. The highest BCUT2D eigenvalue weighted by Crippen LogP contribution is 2.30. The van der Waals surface area contributed by atoms with E-state index in [-0.39, 0.29) is 0 Å². The number of anilines is 1. The number of nitrogens with two attached hydrogens (primary N) is 1. The molecule has 96 valence electrons. The molecule has 1 fully saturated rings. The van der Waals surface area contributed by atoms with Crippen LogP contribution in [0.25, 0.3) is 0 Å². The van der Waals surface area contributed by atoms with Crippen LogP contribution in [-0.2, 0) is 6.54 Å². The molecular weight excluding hydrogens is 222 g/mol. The molecule has 3 nitrogen and oxygen atoms in total. The smallest absolute Gasteiger partial charge is 0.101 e. The van der Waals surface area contributed by atoms with Crippen molar-refractivity contribution in [1.82, 2.24) is 0 Å². The van der Waals surface area contributed by atoms with Crippen LogP contribution in [-0.4, -0.2) is 13.1 Å². The summed E-state index contributed by atoms with van der Waals surface area (Å²) in [6.07, 6.45) is 4.03. The van der Waals surface area contributed by atoms with E-state index in [1.165, 1.54) is 19.3 Å². The number of nitriles is 1. The normalized spacial score (nSPS) is 14.9. The number of hydrogen-bond donors (Lipinski definition) is 1. The molecule has 0 bridgehead atoms. The van der Waals surface area contributed by atoms with Gasteiger partial charge >= 0.3 is 0 Å². The zero-order valence-corrected chi connectivity index (χ0v) is 11.0. The average molecular weight is 243 g/mol. The fraction of sp³-hybridized carbons (Fsp3) is 0.533. The van der Waals surface area contributed by atoms with Crippen molar-refractivity contribution in [1.29, 1.82) is 5.26 Å². The van der Waals surface area contributed by atoms with E-state index in [0.29, 0.717) is 6.54 Å². The van der Waals surface area contributed by atoms with E-state index in [4.69, 9.17) is 5.73 Å². The first kappa shape index (κ1) is 12.9. The molecule has 0 amide bonds. The van der Waals surface area contributed by atoms with Gasteiger partial charge in [0.25, 0.3) is 0 Å². The second-order valence-electron chi connectivity index (χ2n) is 5.00. The summed E-state index contributed by atoms with van der Waals surface area (Å²) in [5.41, 5.74) is 8.45. The van der Waals surface area contributed by atoms with E-state index < -0.39 is 0 Å². The third-order valence-corrected chi connectivity index (χ3v) is 3.84. The molecule has 0 aromatic heterocycles. The van der Waals surface area contributed by atoms with Gasteiger partial charge in [0.15, 0.2) is 0 Å². The molecule has 1 aromatic rings. The van der Waals surface area contributed by atoms with Gasteiger partial charge in [-0.15, -0.1) is 0 Å². The monoisotopic (exact) mass is 243 g/mol. The van der Waals surface area contributed by atoms with Crippen molar-refractivity contribution in [3.63, 3.8) is 0 Å². The van der Waals surface area contributed by atoms with E-state index in [1.807, 2.05) is 18.2 Å². The summed E-state index contributed by atoms with van der Waals surface area (Å²) in [6.45, 7) is 4.67. The van der Waals surface area contributed by atoms with Gasteiger partial charge < -0.3 is 10.6 Å². The molecule has 0 unspecified atom stereocenters. The molecule has 0 heterocycles. The lowest BCUT2D eigenvalue weighted by Crippen LogP contribution is -2.32. The minimum atomic E-state index is 0.490. The second kappa shape index (κ2) is 5.88. The van der Waals surface area contributed by atoms with Crippen LogP contribution in [0.1, 0.15) is 37.3 Å². The maximum atomic E-state index is 9.27. The molecular formula is C15H21N3. The van der Waals surface area contributed by atoms with Crippen LogP contribution >= 0.6 is 0 Å². The molecule has 2 N–H and O–H groups in total. The average Bonchev–Trinajstić information content (AvgIpc) is 2.37. The Labute approximate surface area is 109 Å². The molecule has 0 saturated heterocycles. The van der Waals surface area contributed by atoms with Crippen LogP contribution in [0.5, 0.6) is 0 Å². The molecule has 0 spiro atoms. The Morgan fingerprint density at radius 3 is 2.72 bits per heavy atom. The number of benzene rings is 1. The molecule has 0 atom stereocenters. The second-order valence-corrected chi connectivity index (χ2v) is 5.00. The molecule has 1 saturated carbocycles. The quantitative estimate of drug-likeness (QED) is 0.865. The van der Waals surface area contributed by atoms with Gasteiger partial charge in [0.05, 0.1) is 11.3 Å². The first-order chi connectivity index (χ1) is 8.78. The van der Waals surface area contributed by atoms with E-state index in [1.54, 1.807) is 0 Å². The van der Waals surface area contributed by atoms with Crippen molar-refractivity contribution >= 4 is 5.69 Å². The van der Waals surface area contributed by atoms with Gasteiger partial charge in [-0.3, -0.25) is 0 Å². The van der Waals surface area contributed by atoms with Crippen molar-refractivity contribution in [3.05, 3.63) is 29.3 Å². The molecule has 3 heteroatoms. The third kappa shape index (κ3) is 2.65. The van der Waals surface area contributed by atoms with Crippen molar-refractivity contribution in [2.45, 2.75) is 32.7 Å². The molecule has 1 aliphatic rings. The minimum absolute atomic E-state index is 0.490. The predicted octanol–water partition coefficient (Wildman–Crippen LogP) is 2.64. The Kier molecular flexibility index (Phi) is 4.22. The molecule has 1 aliphatic carbocycles. The predicted molar refractivity (Wildman–Crippen MR) is 74.3 cm³/mol. The Bertz CT molecular complexity index is 444. The van der Waals surface area contributed by atoms with Gasteiger partial charge in [0.2, 0.25) is 0 Å². The van der Waals surface area contributed by atoms with Gasteiger partial charge in [-0.1, -0.05) is 12.5 Å². The Morgan fingerprint density at radius 2 is 2.22 bits per heavy atom. The summed E-state index contributed by atoms with van der Waals surface area (Å²) in [6, 6.07) is 8.28. The highest BCUT2D eigenvalue weighted by Gasteiger charge is 2.21. The highest BCUT2D eigenvalue weighted by molar-refractivity contribution is 5.60. The Morgan fingerprint density at radius 1 is 1.44 bits per heavy atom. The van der Waals surface area contributed by atoms with Crippen molar-refractivity contribution in [2.75, 3.05) is 18.0 Å². The summed E-state index contributed by atoms with van der Waals surface area (Å²) in [7, 11) is 0. The highest BCUT2D eigenvalue weighted by atomic mass is 15.1. The zero-order valence-electron chi connectivity index (χ0n) is 11.0. The summed E-state index contributed by atoms with van der Waals surface area (Å²) < 4.78 is 0. The molecule has 2 rings (SSSR count). The SMILES string of the molecule is CCN(CC1CCC1)c1ccc(CN)cc1C#N. The Hall–Kier alpha value is -1.53. The van der Waals surface area contributed by atoms with Crippen molar-refractivity contribution < 1.29 is 0 Å². The van der Waals surface area contributed by atoms with Crippen LogP contribution in [0.4, 0.5) is 5.69 Å². The minimum Gasteiger partial charge on any atom is -0.370 e. The summed E-state index contributed by atoms with van der Waals surface area (Å²) in [4.78, 5) is 2.32. The summed E-state index contributed by atoms with van der Waals surface area (Å²) in [5.74, 6) is 0.811. The maximum Gasteiger partial charge on any atom is 0.101 e. The van der Waals surface area contributed by atoms with Crippen LogP contribution in [0.2, 0.25) is 0 Å². The number of rotatable bonds is 5. The Balaban J connectivity index is 2.20. The van der Waals surface area contributed by atoms with Crippen molar-refractivity contribution in [3.8, 4) is 6.07 Å². The van der Waals surface area contributed by atoms with Gasteiger partial charge in [0, 0.05) is 19.6 Å². The van der Waals surface area contributed by atoms with E-state index in [9.17, 15) is 5.26 Å². The lowest BCUT2D eigenvalue weighted by molar-refractivity contribution is 0.318. The first-order valence-electron chi connectivity index (χ1n) is 6.76. The standard InChI is InChI=1S/C15H21N3/c1-2-18(11-12-4-3-5-12)15-7-6-13(9-16)8-14(15)10-17/h6-8,12H,2-5,9,11,16H2,1H3. The van der Waals surface area contributed by atoms with E-state index >= 15 is 0 Å². The summed E-state index contributed by atoms with van der Waals surface area (Å²) >= 11 is 0. The maximum absolute atomic E-state index is 9.27. The molecule has 0 radical (unpaired) electrons. The zero-order chi connectivity index (χ0) is 13.0. The topological polar surface area (TPSA) is 53.0 Å². The van der Waals surface area contributed by atoms with Gasteiger partial charge in [-0.2, -0.15) is 5.26 Å². The van der Waals surface area contributed by atoms with Crippen molar-refractivity contribution in [2.24, 2.45) is 11.7 Å². The van der Waals surface area contributed by atoms with Crippen LogP contribution < -0.4 is 10.6 Å². The lowest BCUT2D eigenvalue weighted by Gasteiger charge is -2.33. The summed E-state index contributed by atoms with van der Waals surface area (Å²) in [5, 5.41) is 9.27.